The Morgan fingerprint density at radius 3 is 2.80 bits per heavy atom. The fourth-order valence-electron chi connectivity index (χ4n) is 2.31. The highest BCUT2D eigenvalue weighted by Crippen LogP contribution is 2.24. The van der Waals surface area contributed by atoms with Crippen LogP contribution >= 0.6 is 11.3 Å². The number of rotatable bonds is 6. The number of sulfonamides is 1. The topological polar surface area (TPSA) is 68.3 Å². The van der Waals surface area contributed by atoms with Gasteiger partial charge in [0.1, 0.15) is 0 Å². The molecule has 0 aliphatic carbocycles. The number of hydrogen-bond acceptors (Lipinski definition) is 5. The summed E-state index contributed by atoms with van der Waals surface area (Å²) in [5, 5.41) is 3.87. The van der Waals surface area contributed by atoms with E-state index in [9.17, 15) is 12.8 Å². The number of thiophene rings is 1. The molecule has 1 N–H and O–H groups in total. The average molecular weight is 378 g/mol. The second-order valence-corrected chi connectivity index (χ2v) is 7.69. The molecule has 0 saturated carbocycles. The molecule has 3 aromatic rings. The summed E-state index contributed by atoms with van der Waals surface area (Å²) in [7, 11) is -2.54. The van der Waals surface area contributed by atoms with Crippen molar-refractivity contribution in [3.63, 3.8) is 0 Å². The summed E-state index contributed by atoms with van der Waals surface area (Å²) >= 11 is 1.54. The summed E-state index contributed by atoms with van der Waals surface area (Å²) in [5.74, 6) is -0.739. The smallest absolute Gasteiger partial charge is 0.240 e. The summed E-state index contributed by atoms with van der Waals surface area (Å²) in [4.78, 5) is 4.17. The van der Waals surface area contributed by atoms with Gasteiger partial charge in [0.2, 0.25) is 10.0 Å². The van der Waals surface area contributed by atoms with Crippen LogP contribution in [0.1, 0.15) is 5.56 Å². The summed E-state index contributed by atoms with van der Waals surface area (Å²) in [5.41, 5.74) is 2.38. The number of pyridine rings is 1. The Morgan fingerprint density at radius 1 is 1.28 bits per heavy atom. The van der Waals surface area contributed by atoms with E-state index in [4.69, 9.17) is 4.74 Å². The van der Waals surface area contributed by atoms with E-state index in [1.807, 2.05) is 16.8 Å². The number of hydrogen-bond donors (Lipinski definition) is 1. The summed E-state index contributed by atoms with van der Waals surface area (Å²) in [6.45, 7) is 0.0506. The normalized spacial score (nSPS) is 11.4. The maximum atomic E-state index is 13.8. The lowest BCUT2D eigenvalue weighted by molar-refractivity contribution is 0.385. The molecule has 0 unspecified atom stereocenters. The van der Waals surface area contributed by atoms with Crippen LogP contribution in [-0.2, 0) is 16.6 Å². The van der Waals surface area contributed by atoms with E-state index in [1.165, 1.54) is 30.6 Å². The fraction of sp³-hybridized carbons (Fsp3) is 0.118. The molecule has 0 saturated heterocycles. The lowest BCUT2D eigenvalue weighted by Crippen LogP contribution is -2.23. The molecule has 5 nitrogen and oxygen atoms in total. The van der Waals surface area contributed by atoms with Gasteiger partial charge in [-0.25, -0.2) is 17.5 Å². The van der Waals surface area contributed by atoms with Gasteiger partial charge in [-0.1, -0.05) is 6.07 Å². The van der Waals surface area contributed by atoms with Crippen molar-refractivity contribution >= 4 is 21.4 Å². The van der Waals surface area contributed by atoms with Crippen LogP contribution in [0.25, 0.3) is 11.3 Å². The molecule has 0 aliphatic heterocycles. The minimum atomic E-state index is -3.86. The van der Waals surface area contributed by atoms with Crippen molar-refractivity contribution in [2.75, 3.05) is 7.11 Å². The number of aromatic nitrogens is 1. The SMILES string of the molecule is COc1ccc(S(=O)(=O)NCc2cccnc2-c2ccsc2)cc1F. The molecule has 2 aromatic heterocycles. The molecule has 8 heteroatoms. The van der Waals surface area contributed by atoms with Crippen LogP contribution in [0.5, 0.6) is 5.75 Å². The second kappa shape index (κ2) is 7.30. The lowest BCUT2D eigenvalue weighted by atomic mass is 10.1. The molecule has 0 atom stereocenters. The van der Waals surface area contributed by atoms with Gasteiger partial charge in [0, 0.05) is 23.7 Å². The van der Waals surface area contributed by atoms with E-state index in [2.05, 4.69) is 9.71 Å². The zero-order valence-electron chi connectivity index (χ0n) is 13.3. The van der Waals surface area contributed by atoms with Gasteiger partial charge in [-0.15, -0.1) is 0 Å². The Kier molecular flexibility index (Phi) is 5.12. The standard InChI is InChI=1S/C17H15FN2O3S2/c1-23-16-5-4-14(9-15(16)18)25(21,22)20-10-12-3-2-7-19-17(12)13-6-8-24-11-13/h2-9,11,20H,10H2,1H3. The Hall–Kier alpha value is -2.29. The lowest BCUT2D eigenvalue weighted by Gasteiger charge is -2.10. The third kappa shape index (κ3) is 3.87. The maximum Gasteiger partial charge on any atom is 0.240 e. The van der Waals surface area contributed by atoms with E-state index in [1.54, 1.807) is 18.3 Å². The Balaban J connectivity index is 1.83. The molecule has 0 bridgehead atoms. The van der Waals surface area contributed by atoms with Crippen molar-refractivity contribution in [3.8, 4) is 17.0 Å². The molecule has 3 rings (SSSR count). The molecule has 0 aliphatic rings. The van der Waals surface area contributed by atoms with Crippen molar-refractivity contribution < 1.29 is 17.5 Å². The summed E-state index contributed by atoms with van der Waals surface area (Å²) in [6, 6.07) is 8.98. The largest absolute Gasteiger partial charge is 0.494 e. The molecular formula is C17H15FN2O3S2. The van der Waals surface area contributed by atoms with Crippen LogP contribution in [0.3, 0.4) is 0 Å². The number of nitrogens with one attached hydrogen (secondary N) is 1. The number of benzene rings is 1. The van der Waals surface area contributed by atoms with Gasteiger partial charge >= 0.3 is 0 Å². The quantitative estimate of drug-likeness (QED) is 0.713. The molecule has 0 radical (unpaired) electrons. The first-order chi connectivity index (χ1) is 12.0. The maximum absolute atomic E-state index is 13.8. The van der Waals surface area contributed by atoms with Gasteiger partial charge < -0.3 is 4.74 Å². The van der Waals surface area contributed by atoms with E-state index >= 15 is 0 Å². The fourth-order valence-corrected chi connectivity index (χ4v) is 3.97. The Morgan fingerprint density at radius 2 is 2.12 bits per heavy atom. The Labute approximate surface area is 149 Å². The minimum absolute atomic E-state index is 0.00838. The van der Waals surface area contributed by atoms with Crippen LogP contribution in [0.15, 0.2) is 58.3 Å². The highest BCUT2D eigenvalue weighted by Gasteiger charge is 2.17. The zero-order valence-corrected chi connectivity index (χ0v) is 14.9. The third-order valence-corrected chi connectivity index (χ3v) is 5.65. The van der Waals surface area contributed by atoms with Crippen LogP contribution in [0, 0.1) is 5.82 Å². The van der Waals surface area contributed by atoms with Crippen molar-refractivity contribution in [1.82, 2.24) is 9.71 Å². The van der Waals surface area contributed by atoms with E-state index in [0.29, 0.717) is 5.69 Å². The highest BCUT2D eigenvalue weighted by atomic mass is 32.2. The predicted octanol–water partition coefficient (Wildman–Crippen LogP) is 3.44. The third-order valence-electron chi connectivity index (χ3n) is 3.57. The minimum Gasteiger partial charge on any atom is -0.494 e. The molecule has 130 valence electrons. The van der Waals surface area contributed by atoms with Gasteiger partial charge in [0.05, 0.1) is 17.7 Å². The molecule has 25 heavy (non-hydrogen) atoms. The molecule has 2 heterocycles. The first-order valence-corrected chi connectivity index (χ1v) is 9.73. The van der Waals surface area contributed by atoms with E-state index in [0.717, 1.165) is 17.2 Å². The summed E-state index contributed by atoms with van der Waals surface area (Å²) < 4.78 is 45.9. The molecular weight excluding hydrogens is 363 g/mol. The number of methoxy groups -OCH3 is 1. The zero-order chi connectivity index (χ0) is 17.9. The Bertz CT molecular complexity index is 973. The number of halogens is 1. The van der Waals surface area contributed by atoms with Gasteiger partial charge in [-0.05, 0) is 41.3 Å². The molecule has 0 spiro atoms. The first-order valence-electron chi connectivity index (χ1n) is 7.31. The molecule has 1 aromatic carbocycles. The van der Waals surface area contributed by atoms with Crippen molar-refractivity contribution in [2.24, 2.45) is 0 Å². The number of ether oxygens (including phenoxy) is 1. The van der Waals surface area contributed by atoms with Crippen molar-refractivity contribution in [2.45, 2.75) is 11.4 Å². The first kappa shape index (κ1) is 17.5. The van der Waals surface area contributed by atoms with Gasteiger partial charge in [-0.2, -0.15) is 11.3 Å². The van der Waals surface area contributed by atoms with Gasteiger partial charge in [0.15, 0.2) is 11.6 Å². The summed E-state index contributed by atoms with van der Waals surface area (Å²) in [6.07, 6.45) is 1.66. The van der Waals surface area contributed by atoms with E-state index < -0.39 is 15.8 Å². The van der Waals surface area contributed by atoms with E-state index in [-0.39, 0.29) is 17.2 Å². The van der Waals surface area contributed by atoms with Crippen LogP contribution in [0.2, 0.25) is 0 Å². The van der Waals surface area contributed by atoms with Crippen molar-refractivity contribution in [3.05, 3.63) is 64.7 Å². The van der Waals surface area contributed by atoms with Crippen LogP contribution in [0.4, 0.5) is 4.39 Å². The highest BCUT2D eigenvalue weighted by molar-refractivity contribution is 7.89. The average Bonchev–Trinajstić information content (AvgIpc) is 3.14. The van der Waals surface area contributed by atoms with Crippen molar-refractivity contribution in [1.29, 1.82) is 0 Å². The van der Waals surface area contributed by atoms with Gasteiger partial charge in [0.25, 0.3) is 0 Å². The van der Waals surface area contributed by atoms with Gasteiger partial charge in [-0.3, -0.25) is 4.98 Å². The molecule has 0 amide bonds. The van der Waals surface area contributed by atoms with Crippen LogP contribution < -0.4 is 9.46 Å². The van der Waals surface area contributed by atoms with Crippen LogP contribution in [-0.4, -0.2) is 20.5 Å². The monoisotopic (exact) mass is 378 g/mol. The second-order valence-electron chi connectivity index (χ2n) is 5.14. The molecule has 0 fully saturated rings. The number of nitrogens with zero attached hydrogens (tertiary/aromatic N) is 1. The predicted molar refractivity (Wildman–Crippen MR) is 94.5 cm³/mol.